The average Bonchev–Trinajstić information content (AvgIpc) is 2.36. The van der Waals surface area contributed by atoms with Crippen molar-refractivity contribution in [3.63, 3.8) is 0 Å². The molecular weight excluding hydrogens is 278 g/mol. The normalized spacial score (nSPS) is 11.4. The van der Waals surface area contributed by atoms with Gasteiger partial charge in [-0.3, -0.25) is 9.10 Å². The SMILES string of the molecule is CN(C)CCNC(=O)c1cccc(N(C)S(C)(=O)=O)c1. The van der Waals surface area contributed by atoms with Crippen LogP contribution in [0.25, 0.3) is 0 Å². The molecule has 0 spiro atoms. The first-order valence-corrected chi connectivity index (χ1v) is 8.03. The lowest BCUT2D eigenvalue weighted by Crippen LogP contribution is -2.31. The van der Waals surface area contributed by atoms with Crippen molar-refractivity contribution in [1.29, 1.82) is 0 Å². The third-order valence-electron chi connectivity index (χ3n) is 2.81. The highest BCUT2D eigenvalue weighted by molar-refractivity contribution is 7.92. The fourth-order valence-corrected chi connectivity index (χ4v) is 2.03. The van der Waals surface area contributed by atoms with Gasteiger partial charge < -0.3 is 10.2 Å². The molecule has 1 rings (SSSR count). The van der Waals surface area contributed by atoms with Gasteiger partial charge in [0.15, 0.2) is 0 Å². The summed E-state index contributed by atoms with van der Waals surface area (Å²) >= 11 is 0. The first-order chi connectivity index (χ1) is 9.21. The van der Waals surface area contributed by atoms with Gasteiger partial charge in [-0.2, -0.15) is 0 Å². The predicted octanol–water partition coefficient (Wildman–Crippen LogP) is 0.374. The number of hydrogen-bond donors (Lipinski definition) is 1. The molecule has 0 radical (unpaired) electrons. The number of rotatable bonds is 6. The van der Waals surface area contributed by atoms with Crippen molar-refractivity contribution in [3.05, 3.63) is 29.8 Å². The summed E-state index contributed by atoms with van der Waals surface area (Å²) in [6.07, 6.45) is 1.12. The van der Waals surface area contributed by atoms with Gasteiger partial charge >= 0.3 is 0 Å². The molecule has 20 heavy (non-hydrogen) atoms. The fraction of sp³-hybridized carbons (Fsp3) is 0.462. The lowest BCUT2D eigenvalue weighted by molar-refractivity contribution is 0.0951. The molecule has 0 unspecified atom stereocenters. The summed E-state index contributed by atoms with van der Waals surface area (Å²) in [4.78, 5) is 13.9. The fourth-order valence-electron chi connectivity index (χ4n) is 1.53. The smallest absolute Gasteiger partial charge is 0.251 e. The summed E-state index contributed by atoms with van der Waals surface area (Å²) in [5.41, 5.74) is 0.907. The number of sulfonamides is 1. The second-order valence-corrected chi connectivity index (χ2v) is 6.85. The van der Waals surface area contributed by atoms with Crippen LogP contribution in [-0.4, -0.2) is 59.7 Å². The minimum Gasteiger partial charge on any atom is -0.351 e. The van der Waals surface area contributed by atoms with Gasteiger partial charge in [-0.1, -0.05) is 6.07 Å². The maximum Gasteiger partial charge on any atom is 0.251 e. The van der Waals surface area contributed by atoms with E-state index in [1.165, 1.54) is 7.05 Å². The molecule has 0 aromatic heterocycles. The molecule has 0 saturated carbocycles. The summed E-state index contributed by atoms with van der Waals surface area (Å²) < 4.78 is 24.1. The average molecular weight is 299 g/mol. The Balaban J connectivity index is 2.80. The number of carbonyl (C=O) groups excluding carboxylic acids is 1. The topological polar surface area (TPSA) is 69.7 Å². The Kier molecular flexibility index (Phi) is 5.52. The standard InChI is InChI=1S/C13H21N3O3S/c1-15(2)9-8-14-13(17)11-6-5-7-12(10-11)16(3)20(4,18)19/h5-7,10H,8-9H2,1-4H3,(H,14,17). The zero-order chi connectivity index (χ0) is 15.3. The lowest BCUT2D eigenvalue weighted by Gasteiger charge is -2.17. The van der Waals surface area contributed by atoms with Gasteiger partial charge in [0.05, 0.1) is 11.9 Å². The van der Waals surface area contributed by atoms with E-state index in [9.17, 15) is 13.2 Å². The van der Waals surface area contributed by atoms with Crippen LogP contribution in [0.3, 0.4) is 0 Å². The van der Waals surface area contributed by atoms with Crippen LogP contribution in [0.15, 0.2) is 24.3 Å². The van der Waals surface area contributed by atoms with Crippen LogP contribution in [-0.2, 0) is 10.0 Å². The summed E-state index contributed by atoms with van der Waals surface area (Å²) in [5.74, 6) is -0.212. The van der Waals surface area contributed by atoms with E-state index in [4.69, 9.17) is 0 Å². The van der Waals surface area contributed by atoms with Gasteiger partial charge in [0, 0.05) is 25.7 Å². The monoisotopic (exact) mass is 299 g/mol. The van der Waals surface area contributed by atoms with E-state index in [1.54, 1.807) is 24.3 Å². The van der Waals surface area contributed by atoms with E-state index < -0.39 is 10.0 Å². The third kappa shape index (κ3) is 4.82. The molecule has 1 aromatic rings. The highest BCUT2D eigenvalue weighted by Crippen LogP contribution is 2.17. The van der Waals surface area contributed by atoms with Gasteiger partial charge in [0.1, 0.15) is 0 Å². The van der Waals surface area contributed by atoms with Crippen molar-refractivity contribution in [2.24, 2.45) is 0 Å². The van der Waals surface area contributed by atoms with Gasteiger partial charge in [0.2, 0.25) is 10.0 Å². The summed E-state index contributed by atoms with van der Waals surface area (Å²) in [5, 5.41) is 2.79. The van der Waals surface area contributed by atoms with Crippen molar-refractivity contribution >= 4 is 21.6 Å². The molecule has 1 amide bonds. The van der Waals surface area contributed by atoms with E-state index in [2.05, 4.69) is 5.32 Å². The number of nitrogens with one attached hydrogen (secondary N) is 1. The first-order valence-electron chi connectivity index (χ1n) is 6.18. The first kappa shape index (κ1) is 16.5. The van der Waals surface area contributed by atoms with Gasteiger partial charge in [-0.25, -0.2) is 8.42 Å². The molecule has 6 nitrogen and oxygen atoms in total. The van der Waals surface area contributed by atoms with Crippen LogP contribution < -0.4 is 9.62 Å². The summed E-state index contributed by atoms with van der Waals surface area (Å²) in [6, 6.07) is 6.53. The quantitative estimate of drug-likeness (QED) is 0.824. The molecule has 0 bridgehead atoms. The molecular formula is C13H21N3O3S. The van der Waals surface area contributed by atoms with Crippen LogP contribution in [0.4, 0.5) is 5.69 Å². The zero-order valence-corrected chi connectivity index (χ0v) is 13.1. The largest absolute Gasteiger partial charge is 0.351 e. The number of amides is 1. The maximum atomic E-state index is 12.0. The van der Waals surface area contributed by atoms with E-state index >= 15 is 0 Å². The molecule has 0 fully saturated rings. The molecule has 0 heterocycles. The number of likely N-dealkylation sites (N-methyl/N-ethyl adjacent to an activating group) is 1. The Bertz CT molecular complexity index is 570. The maximum absolute atomic E-state index is 12.0. The van der Waals surface area contributed by atoms with Crippen molar-refractivity contribution in [2.45, 2.75) is 0 Å². The molecule has 1 aromatic carbocycles. The van der Waals surface area contributed by atoms with Crippen LogP contribution >= 0.6 is 0 Å². The predicted molar refractivity (Wildman–Crippen MR) is 80.6 cm³/mol. The summed E-state index contributed by atoms with van der Waals surface area (Å²) in [7, 11) is 1.97. The Labute approximate surface area is 120 Å². The molecule has 0 atom stereocenters. The number of carbonyl (C=O) groups is 1. The molecule has 112 valence electrons. The highest BCUT2D eigenvalue weighted by atomic mass is 32.2. The van der Waals surface area contributed by atoms with E-state index in [0.29, 0.717) is 17.8 Å². The van der Waals surface area contributed by atoms with Crippen LogP contribution in [0.5, 0.6) is 0 Å². The third-order valence-corrected chi connectivity index (χ3v) is 4.02. The minimum atomic E-state index is -3.33. The van der Waals surface area contributed by atoms with Crippen molar-refractivity contribution in [1.82, 2.24) is 10.2 Å². The molecule has 1 N–H and O–H groups in total. The number of hydrogen-bond acceptors (Lipinski definition) is 4. The second kappa shape index (κ2) is 6.71. The van der Waals surface area contributed by atoms with E-state index in [1.807, 2.05) is 19.0 Å². The van der Waals surface area contributed by atoms with Crippen LogP contribution in [0, 0.1) is 0 Å². The number of anilines is 1. The Morgan fingerprint density at radius 2 is 1.90 bits per heavy atom. The number of benzene rings is 1. The van der Waals surface area contributed by atoms with Crippen molar-refractivity contribution < 1.29 is 13.2 Å². The van der Waals surface area contributed by atoms with E-state index in [-0.39, 0.29) is 5.91 Å². The molecule has 0 aliphatic rings. The van der Waals surface area contributed by atoms with Crippen LogP contribution in [0.2, 0.25) is 0 Å². The van der Waals surface area contributed by atoms with Crippen LogP contribution in [0.1, 0.15) is 10.4 Å². The van der Waals surface area contributed by atoms with E-state index in [0.717, 1.165) is 17.1 Å². The number of nitrogens with zero attached hydrogens (tertiary/aromatic N) is 2. The van der Waals surface area contributed by atoms with Crippen molar-refractivity contribution in [2.75, 3.05) is 44.8 Å². The second-order valence-electron chi connectivity index (χ2n) is 4.84. The summed E-state index contributed by atoms with van der Waals surface area (Å²) in [6.45, 7) is 1.28. The lowest BCUT2D eigenvalue weighted by atomic mass is 10.2. The van der Waals surface area contributed by atoms with Gasteiger partial charge in [0.25, 0.3) is 5.91 Å². The minimum absolute atomic E-state index is 0.212. The molecule has 0 aliphatic carbocycles. The van der Waals surface area contributed by atoms with Crippen molar-refractivity contribution in [3.8, 4) is 0 Å². The molecule has 7 heteroatoms. The molecule has 0 saturated heterocycles. The van der Waals surface area contributed by atoms with Gasteiger partial charge in [-0.05, 0) is 32.3 Å². The Morgan fingerprint density at radius 3 is 2.45 bits per heavy atom. The Hall–Kier alpha value is -1.60. The van der Waals surface area contributed by atoms with Gasteiger partial charge in [-0.15, -0.1) is 0 Å². The highest BCUT2D eigenvalue weighted by Gasteiger charge is 2.13. The molecule has 0 aliphatic heterocycles. The Morgan fingerprint density at radius 1 is 1.25 bits per heavy atom. The zero-order valence-electron chi connectivity index (χ0n) is 12.3.